The van der Waals surface area contributed by atoms with Crippen LogP contribution in [0.4, 0.5) is 5.13 Å². The number of hydrogen-bond acceptors (Lipinski definition) is 5. The normalized spacial score (nSPS) is 23.8. The first-order valence-electron chi connectivity index (χ1n) is 7.00. The molecule has 104 valence electrons. The summed E-state index contributed by atoms with van der Waals surface area (Å²) in [7, 11) is 0. The molecule has 5 nitrogen and oxygen atoms in total. The van der Waals surface area contributed by atoms with E-state index in [1.165, 1.54) is 43.4 Å². The van der Waals surface area contributed by atoms with Crippen LogP contribution in [-0.2, 0) is 4.79 Å². The second kappa shape index (κ2) is 5.17. The minimum absolute atomic E-state index is 0.0341. The van der Waals surface area contributed by atoms with E-state index in [1.807, 2.05) is 6.92 Å². The molecule has 19 heavy (non-hydrogen) atoms. The summed E-state index contributed by atoms with van der Waals surface area (Å²) < 4.78 is 0. The standard InChI is InChI=1S/C13H20N4OS/c1-10(11(18)15-12-16-14-9-19-12)17-7-6-13(8-17)4-2-3-5-13/h9-10H,2-8H2,1H3,(H,15,16,18)/t10-/m0/s1. The van der Waals surface area contributed by atoms with Crippen LogP contribution in [0, 0.1) is 5.41 Å². The molecule has 1 aromatic rings. The van der Waals surface area contributed by atoms with Crippen LogP contribution in [0.15, 0.2) is 5.51 Å². The molecule has 0 bridgehead atoms. The van der Waals surface area contributed by atoms with E-state index in [0.717, 1.165) is 13.1 Å². The summed E-state index contributed by atoms with van der Waals surface area (Å²) in [5.41, 5.74) is 2.14. The topological polar surface area (TPSA) is 58.1 Å². The number of anilines is 1. The van der Waals surface area contributed by atoms with E-state index in [2.05, 4.69) is 20.4 Å². The van der Waals surface area contributed by atoms with Crippen LogP contribution in [0.2, 0.25) is 0 Å². The van der Waals surface area contributed by atoms with Gasteiger partial charge in [0, 0.05) is 6.54 Å². The Kier molecular flexibility index (Phi) is 3.54. The number of aromatic nitrogens is 2. The van der Waals surface area contributed by atoms with Gasteiger partial charge < -0.3 is 0 Å². The SMILES string of the molecule is C[C@@H](C(=O)Nc1nncs1)N1CCC2(CCCC2)C1. The van der Waals surface area contributed by atoms with Gasteiger partial charge in [-0.1, -0.05) is 24.2 Å². The monoisotopic (exact) mass is 280 g/mol. The van der Waals surface area contributed by atoms with Gasteiger partial charge in [-0.15, -0.1) is 10.2 Å². The van der Waals surface area contributed by atoms with E-state index >= 15 is 0 Å². The van der Waals surface area contributed by atoms with E-state index < -0.39 is 0 Å². The first kappa shape index (κ1) is 13.0. The van der Waals surface area contributed by atoms with Crippen LogP contribution in [-0.4, -0.2) is 40.1 Å². The van der Waals surface area contributed by atoms with Gasteiger partial charge in [-0.05, 0) is 38.1 Å². The van der Waals surface area contributed by atoms with Crippen molar-refractivity contribution in [2.24, 2.45) is 5.41 Å². The van der Waals surface area contributed by atoms with Crippen LogP contribution >= 0.6 is 11.3 Å². The molecule has 1 aliphatic carbocycles. The van der Waals surface area contributed by atoms with Gasteiger partial charge in [0.2, 0.25) is 11.0 Å². The minimum atomic E-state index is -0.0797. The number of rotatable bonds is 3. The maximum atomic E-state index is 12.2. The lowest BCUT2D eigenvalue weighted by molar-refractivity contribution is -0.120. The first-order valence-corrected chi connectivity index (χ1v) is 7.88. The fourth-order valence-electron chi connectivity index (χ4n) is 3.44. The average molecular weight is 280 g/mol. The Labute approximate surface area is 117 Å². The lowest BCUT2D eigenvalue weighted by Crippen LogP contribution is -2.41. The Morgan fingerprint density at radius 2 is 2.26 bits per heavy atom. The van der Waals surface area contributed by atoms with E-state index in [-0.39, 0.29) is 11.9 Å². The molecule has 6 heteroatoms. The Morgan fingerprint density at radius 1 is 1.47 bits per heavy atom. The number of likely N-dealkylation sites (tertiary alicyclic amines) is 1. The third-order valence-electron chi connectivity index (χ3n) is 4.65. The Balaban J connectivity index is 1.58. The van der Waals surface area contributed by atoms with E-state index in [1.54, 1.807) is 5.51 Å². The summed E-state index contributed by atoms with van der Waals surface area (Å²) in [4.78, 5) is 14.5. The minimum Gasteiger partial charge on any atom is -0.299 e. The molecule has 0 unspecified atom stereocenters. The van der Waals surface area contributed by atoms with Crippen LogP contribution in [0.25, 0.3) is 0 Å². The molecule has 3 rings (SSSR count). The molecule has 1 N–H and O–H groups in total. The van der Waals surface area contributed by atoms with E-state index in [9.17, 15) is 4.79 Å². The van der Waals surface area contributed by atoms with Crippen molar-refractivity contribution < 1.29 is 4.79 Å². The predicted molar refractivity (Wildman–Crippen MR) is 75.1 cm³/mol. The van der Waals surface area contributed by atoms with Crippen LogP contribution in [0.5, 0.6) is 0 Å². The molecule has 1 spiro atoms. The molecule has 1 saturated carbocycles. The van der Waals surface area contributed by atoms with Crippen molar-refractivity contribution in [3.8, 4) is 0 Å². The number of amides is 1. The zero-order valence-electron chi connectivity index (χ0n) is 11.3. The molecule has 1 aliphatic heterocycles. The smallest absolute Gasteiger partial charge is 0.243 e. The highest BCUT2D eigenvalue weighted by atomic mass is 32.1. The van der Waals surface area contributed by atoms with Crippen molar-refractivity contribution >= 4 is 22.4 Å². The van der Waals surface area contributed by atoms with Crippen molar-refractivity contribution in [1.82, 2.24) is 15.1 Å². The largest absolute Gasteiger partial charge is 0.299 e. The van der Waals surface area contributed by atoms with Gasteiger partial charge in [0.05, 0.1) is 6.04 Å². The van der Waals surface area contributed by atoms with E-state index in [4.69, 9.17) is 0 Å². The van der Waals surface area contributed by atoms with Gasteiger partial charge in [-0.3, -0.25) is 15.0 Å². The number of hydrogen-bond donors (Lipinski definition) is 1. The van der Waals surface area contributed by atoms with Crippen LogP contribution in [0.3, 0.4) is 0 Å². The predicted octanol–water partition coefficient (Wildman–Crippen LogP) is 2.13. The Bertz CT molecular complexity index is 442. The third kappa shape index (κ3) is 2.65. The zero-order valence-corrected chi connectivity index (χ0v) is 12.1. The summed E-state index contributed by atoms with van der Waals surface area (Å²) in [6.07, 6.45) is 6.66. The van der Waals surface area contributed by atoms with Gasteiger partial charge >= 0.3 is 0 Å². The lowest BCUT2D eigenvalue weighted by Gasteiger charge is -2.26. The van der Waals surface area contributed by atoms with Gasteiger partial charge in [0.1, 0.15) is 5.51 Å². The van der Waals surface area contributed by atoms with Gasteiger partial charge in [-0.25, -0.2) is 0 Å². The number of nitrogens with zero attached hydrogens (tertiary/aromatic N) is 3. The molecule has 1 atom stereocenters. The summed E-state index contributed by atoms with van der Waals surface area (Å²) in [5.74, 6) is 0.0341. The Hall–Kier alpha value is -1.01. The molecule has 1 saturated heterocycles. The summed E-state index contributed by atoms with van der Waals surface area (Å²) >= 11 is 1.36. The third-order valence-corrected chi connectivity index (χ3v) is 5.26. The number of carbonyl (C=O) groups is 1. The van der Waals surface area contributed by atoms with Gasteiger partial charge in [0.25, 0.3) is 0 Å². The average Bonchev–Trinajstić information content (AvgIpc) is 3.13. The van der Waals surface area contributed by atoms with Crippen LogP contribution in [0.1, 0.15) is 39.0 Å². The molecule has 1 aromatic heterocycles. The van der Waals surface area contributed by atoms with Gasteiger partial charge in [0.15, 0.2) is 0 Å². The maximum Gasteiger partial charge on any atom is 0.243 e. The second-order valence-corrected chi connectivity index (χ2v) is 6.67. The van der Waals surface area contributed by atoms with Crippen molar-refractivity contribution in [3.63, 3.8) is 0 Å². The first-order chi connectivity index (χ1) is 9.19. The highest BCUT2D eigenvalue weighted by Gasteiger charge is 2.42. The molecular weight excluding hydrogens is 260 g/mol. The maximum absolute atomic E-state index is 12.2. The quantitative estimate of drug-likeness (QED) is 0.921. The molecule has 0 aromatic carbocycles. The Morgan fingerprint density at radius 3 is 2.95 bits per heavy atom. The molecule has 2 heterocycles. The molecule has 2 fully saturated rings. The van der Waals surface area contributed by atoms with Crippen molar-refractivity contribution in [2.45, 2.75) is 45.1 Å². The fraction of sp³-hybridized carbons (Fsp3) is 0.769. The van der Waals surface area contributed by atoms with E-state index in [0.29, 0.717) is 10.5 Å². The number of nitrogens with one attached hydrogen (secondary N) is 1. The number of carbonyl (C=O) groups excluding carboxylic acids is 1. The molecular formula is C13H20N4OS. The molecule has 1 amide bonds. The second-order valence-electron chi connectivity index (χ2n) is 5.84. The van der Waals surface area contributed by atoms with Crippen molar-refractivity contribution in [3.05, 3.63) is 5.51 Å². The van der Waals surface area contributed by atoms with Gasteiger partial charge in [-0.2, -0.15) is 0 Å². The fourth-order valence-corrected chi connectivity index (χ4v) is 3.88. The van der Waals surface area contributed by atoms with Crippen molar-refractivity contribution in [1.29, 1.82) is 0 Å². The van der Waals surface area contributed by atoms with Crippen molar-refractivity contribution in [2.75, 3.05) is 18.4 Å². The lowest BCUT2D eigenvalue weighted by atomic mass is 9.86. The zero-order chi connectivity index (χ0) is 13.3. The summed E-state index contributed by atoms with van der Waals surface area (Å²) in [6, 6.07) is -0.0797. The summed E-state index contributed by atoms with van der Waals surface area (Å²) in [5, 5.41) is 11.0. The molecule has 2 aliphatic rings. The molecule has 0 radical (unpaired) electrons. The highest BCUT2D eigenvalue weighted by Crippen LogP contribution is 2.45. The summed E-state index contributed by atoms with van der Waals surface area (Å²) in [6.45, 7) is 4.12. The van der Waals surface area contributed by atoms with Crippen LogP contribution < -0.4 is 5.32 Å². The highest BCUT2D eigenvalue weighted by molar-refractivity contribution is 7.13.